The molecule has 27 heavy (non-hydrogen) atoms. The predicted molar refractivity (Wildman–Crippen MR) is 97.3 cm³/mol. The summed E-state index contributed by atoms with van der Waals surface area (Å²) < 4.78 is 10.7. The quantitative estimate of drug-likeness (QED) is 0.460. The summed E-state index contributed by atoms with van der Waals surface area (Å²) in [6.07, 6.45) is 0. The summed E-state index contributed by atoms with van der Waals surface area (Å²) in [6.45, 7) is 2.59. The lowest BCUT2D eigenvalue weighted by molar-refractivity contribution is -0.125. The van der Waals surface area contributed by atoms with Gasteiger partial charge in [0.25, 0.3) is 0 Å². The van der Waals surface area contributed by atoms with Gasteiger partial charge in [0.2, 0.25) is 5.91 Å². The van der Waals surface area contributed by atoms with Crippen molar-refractivity contribution in [2.75, 3.05) is 19.8 Å². The molecule has 1 aliphatic heterocycles. The van der Waals surface area contributed by atoms with Gasteiger partial charge in [0.15, 0.2) is 0 Å². The molecule has 3 amide bonds. The van der Waals surface area contributed by atoms with Crippen molar-refractivity contribution in [3.63, 3.8) is 0 Å². The van der Waals surface area contributed by atoms with Crippen molar-refractivity contribution in [1.29, 1.82) is 0 Å². The Kier molecular flexibility index (Phi) is 5.71. The number of carbonyl (C=O) groups excluding carboxylic acids is 3. The summed E-state index contributed by atoms with van der Waals surface area (Å²) in [4.78, 5) is 36.3. The molecular formula is C20H20N2O5. The van der Waals surface area contributed by atoms with Gasteiger partial charge in [-0.05, 0) is 36.8 Å². The van der Waals surface area contributed by atoms with Gasteiger partial charge < -0.3 is 14.8 Å². The zero-order valence-corrected chi connectivity index (χ0v) is 14.9. The van der Waals surface area contributed by atoms with Crippen molar-refractivity contribution in [2.45, 2.75) is 13.5 Å². The van der Waals surface area contributed by atoms with E-state index >= 15 is 0 Å². The van der Waals surface area contributed by atoms with Crippen LogP contribution in [0.3, 0.4) is 0 Å². The first-order chi connectivity index (χ1) is 13.0. The van der Waals surface area contributed by atoms with Crippen LogP contribution >= 0.6 is 0 Å². The van der Waals surface area contributed by atoms with Crippen molar-refractivity contribution in [1.82, 2.24) is 10.2 Å². The van der Waals surface area contributed by atoms with Gasteiger partial charge in [0.05, 0.1) is 18.7 Å². The third-order valence-corrected chi connectivity index (χ3v) is 4.07. The number of esters is 1. The molecule has 1 N–H and O–H groups in total. The van der Waals surface area contributed by atoms with E-state index in [0.717, 1.165) is 21.8 Å². The maximum Gasteiger partial charge on any atom is 0.338 e. The first kappa shape index (κ1) is 18.4. The molecule has 1 aliphatic rings. The van der Waals surface area contributed by atoms with Gasteiger partial charge in [-0.3, -0.25) is 9.69 Å². The maximum atomic E-state index is 12.1. The van der Waals surface area contributed by atoms with E-state index in [1.54, 1.807) is 24.3 Å². The van der Waals surface area contributed by atoms with Crippen LogP contribution in [0.15, 0.2) is 48.5 Å². The smallest absolute Gasteiger partial charge is 0.338 e. The average molecular weight is 368 g/mol. The average Bonchev–Trinajstić information content (AvgIpc) is 2.99. The monoisotopic (exact) mass is 368 g/mol. The van der Waals surface area contributed by atoms with Crippen LogP contribution in [0.5, 0.6) is 5.75 Å². The molecule has 7 nitrogen and oxygen atoms in total. The fourth-order valence-electron chi connectivity index (χ4n) is 2.56. The Morgan fingerprint density at radius 2 is 1.74 bits per heavy atom. The fourth-order valence-corrected chi connectivity index (χ4v) is 2.56. The minimum Gasteiger partial charge on any atom is -0.490 e. The second kappa shape index (κ2) is 8.35. The number of aryl methyl sites for hydroxylation is 1. The number of rotatable bonds is 7. The molecule has 0 bridgehead atoms. The van der Waals surface area contributed by atoms with Crippen LogP contribution < -0.4 is 10.1 Å². The number of nitrogens with one attached hydrogen (secondary N) is 1. The second-order valence-corrected chi connectivity index (χ2v) is 6.13. The van der Waals surface area contributed by atoms with E-state index in [-0.39, 0.29) is 32.2 Å². The second-order valence-electron chi connectivity index (χ2n) is 6.13. The molecule has 0 radical (unpaired) electrons. The molecule has 2 aromatic carbocycles. The number of hydrogen-bond donors (Lipinski definition) is 1. The standard InChI is InChI=1S/C20H20N2O5/c1-14-2-8-17(9-3-14)26-10-11-27-19(24)16-6-4-15(5-7-16)13-22-18(23)12-21-20(22)25/h2-9H,10-13H2,1H3,(H,21,25). The molecule has 1 saturated heterocycles. The molecule has 1 fully saturated rings. The number of carbonyl (C=O) groups is 3. The summed E-state index contributed by atoms with van der Waals surface area (Å²) in [6, 6.07) is 13.8. The highest BCUT2D eigenvalue weighted by Crippen LogP contribution is 2.12. The Bertz CT molecular complexity index is 814. The van der Waals surface area contributed by atoms with Crippen molar-refractivity contribution in [2.24, 2.45) is 0 Å². The molecule has 0 aliphatic carbocycles. The van der Waals surface area contributed by atoms with E-state index in [2.05, 4.69) is 5.32 Å². The highest BCUT2D eigenvalue weighted by molar-refractivity contribution is 6.01. The number of amides is 3. The summed E-state index contributed by atoms with van der Waals surface area (Å²) in [5.74, 6) is 0.00242. The minimum atomic E-state index is -0.455. The molecule has 1 heterocycles. The van der Waals surface area contributed by atoms with Crippen LogP contribution in [-0.4, -0.2) is 42.6 Å². The van der Waals surface area contributed by atoms with Crippen LogP contribution in [0.2, 0.25) is 0 Å². The van der Waals surface area contributed by atoms with Crippen LogP contribution in [-0.2, 0) is 16.1 Å². The highest BCUT2D eigenvalue weighted by Gasteiger charge is 2.28. The van der Waals surface area contributed by atoms with Gasteiger partial charge in [0, 0.05) is 0 Å². The summed E-state index contributed by atoms with van der Waals surface area (Å²) in [7, 11) is 0. The summed E-state index contributed by atoms with van der Waals surface area (Å²) in [5, 5.41) is 2.46. The Morgan fingerprint density at radius 3 is 2.37 bits per heavy atom. The number of benzene rings is 2. The van der Waals surface area contributed by atoms with Gasteiger partial charge >= 0.3 is 12.0 Å². The van der Waals surface area contributed by atoms with Gasteiger partial charge in [-0.25, -0.2) is 9.59 Å². The van der Waals surface area contributed by atoms with Crippen LogP contribution in [0.1, 0.15) is 21.5 Å². The molecule has 2 aromatic rings. The lowest BCUT2D eigenvalue weighted by Crippen LogP contribution is -2.30. The van der Waals surface area contributed by atoms with Crippen molar-refractivity contribution in [3.8, 4) is 5.75 Å². The van der Waals surface area contributed by atoms with Crippen LogP contribution in [0.4, 0.5) is 4.79 Å². The number of ether oxygens (including phenoxy) is 2. The SMILES string of the molecule is Cc1ccc(OCCOC(=O)c2ccc(CN3C(=O)CNC3=O)cc2)cc1. The third kappa shape index (κ3) is 4.84. The summed E-state index contributed by atoms with van der Waals surface area (Å²) in [5.41, 5.74) is 2.29. The first-order valence-electron chi connectivity index (χ1n) is 8.56. The van der Waals surface area contributed by atoms with Gasteiger partial charge in [-0.15, -0.1) is 0 Å². The third-order valence-electron chi connectivity index (χ3n) is 4.07. The molecule has 140 valence electrons. The Balaban J connectivity index is 1.45. The Morgan fingerprint density at radius 1 is 1.04 bits per heavy atom. The Labute approximate surface area is 156 Å². The topological polar surface area (TPSA) is 84.9 Å². The molecule has 7 heteroatoms. The first-order valence-corrected chi connectivity index (χ1v) is 8.56. The van der Waals surface area contributed by atoms with E-state index in [4.69, 9.17) is 9.47 Å². The Hall–Kier alpha value is -3.35. The largest absolute Gasteiger partial charge is 0.490 e. The summed E-state index contributed by atoms with van der Waals surface area (Å²) >= 11 is 0. The predicted octanol–water partition coefficient (Wildman–Crippen LogP) is 2.28. The van der Waals surface area contributed by atoms with Crippen molar-refractivity contribution < 1.29 is 23.9 Å². The van der Waals surface area contributed by atoms with Crippen LogP contribution in [0.25, 0.3) is 0 Å². The molecule has 0 saturated carbocycles. The lowest BCUT2D eigenvalue weighted by Gasteiger charge is -2.12. The maximum absolute atomic E-state index is 12.1. The number of hydrogen-bond acceptors (Lipinski definition) is 5. The number of urea groups is 1. The van der Waals surface area contributed by atoms with E-state index in [1.807, 2.05) is 31.2 Å². The van der Waals surface area contributed by atoms with Crippen LogP contribution in [0, 0.1) is 6.92 Å². The molecular weight excluding hydrogens is 348 g/mol. The molecule has 0 unspecified atom stereocenters. The lowest BCUT2D eigenvalue weighted by atomic mass is 10.1. The van der Waals surface area contributed by atoms with Crippen molar-refractivity contribution in [3.05, 3.63) is 65.2 Å². The number of imide groups is 1. The van der Waals surface area contributed by atoms with E-state index < -0.39 is 12.0 Å². The zero-order chi connectivity index (χ0) is 19.2. The normalized spacial score (nSPS) is 13.4. The highest BCUT2D eigenvalue weighted by atomic mass is 16.6. The van der Waals surface area contributed by atoms with Gasteiger partial charge in [0.1, 0.15) is 19.0 Å². The van der Waals surface area contributed by atoms with Crippen molar-refractivity contribution >= 4 is 17.9 Å². The minimum absolute atomic E-state index is 0.0217. The van der Waals surface area contributed by atoms with E-state index in [0.29, 0.717) is 5.56 Å². The molecule has 3 rings (SSSR count). The van der Waals surface area contributed by atoms with Gasteiger partial charge in [-0.2, -0.15) is 0 Å². The fraction of sp³-hybridized carbons (Fsp3) is 0.250. The number of nitrogens with zero attached hydrogens (tertiary/aromatic N) is 1. The van der Waals surface area contributed by atoms with E-state index in [9.17, 15) is 14.4 Å². The van der Waals surface area contributed by atoms with Gasteiger partial charge in [-0.1, -0.05) is 29.8 Å². The molecule has 0 atom stereocenters. The molecule has 0 aromatic heterocycles. The van der Waals surface area contributed by atoms with E-state index in [1.165, 1.54) is 0 Å². The zero-order valence-electron chi connectivity index (χ0n) is 14.9. The molecule has 0 spiro atoms.